The van der Waals surface area contributed by atoms with E-state index < -0.39 is 11.6 Å². The molecule has 0 fully saturated rings. The molecule has 2 N–H and O–H groups in total. The Morgan fingerprint density at radius 2 is 1.89 bits per heavy atom. The van der Waals surface area contributed by atoms with Crippen LogP contribution in [0.4, 0.5) is 8.78 Å². The minimum Gasteiger partial charge on any atom is -0.324 e. The lowest BCUT2D eigenvalue weighted by molar-refractivity contribution is 0.563. The van der Waals surface area contributed by atoms with Gasteiger partial charge in [0.15, 0.2) is 0 Å². The first-order valence-electron chi connectivity index (χ1n) is 5.51. The second-order valence-electron chi connectivity index (χ2n) is 4.10. The Hall–Kier alpha value is -1.01. The largest absolute Gasteiger partial charge is 0.324 e. The standard InChI is InChI=1S/C14H12F2IN/c15-11-5-4-9(13(16)8-11)7-14(18)10-2-1-3-12(17)6-10/h1-6,8,14H,7,18H2. The molecule has 0 aliphatic carbocycles. The molecule has 0 saturated carbocycles. The van der Waals surface area contributed by atoms with Crippen molar-refractivity contribution in [1.29, 1.82) is 0 Å². The van der Waals surface area contributed by atoms with Gasteiger partial charge in [-0.25, -0.2) is 8.78 Å². The number of benzene rings is 2. The molecule has 0 saturated heterocycles. The highest BCUT2D eigenvalue weighted by atomic mass is 127. The summed E-state index contributed by atoms with van der Waals surface area (Å²) in [5.74, 6) is -1.12. The molecule has 0 aliphatic heterocycles. The molecule has 0 radical (unpaired) electrons. The fraction of sp³-hybridized carbons (Fsp3) is 0.143. The second-order valence-corrected chi connectivity index (χ2v) is 5.35. The van der Waals surface area contributed by atoms with Gasteiger partial charge in [-0.05, 0) is 58.3 Å². The molecule has 0 aliphatic rings. The quantitative estimate of drug-likeness (QED) is 0.829. The van der Waals surface area contributed by atoms with E-state index in [-0.39, 0.29) is 6.04 Å². The molecule has 0 heterocycles. The van der Waals surface area contributed by atoms with Gasteiger partial charge in [0, 0.05) is 15.7 Å². The van der Waals surface area contributed by atoms with Crippen molar-refractivity contribution in [2.24, 2.45) is 5.73 Å². The topological polar surface area (TPSA) is 26.0 Å². The Balaban J connectivity index is 2.18. The van der Waals surface area contributed by atoms with Crippen molar-refractivity contribution < 1.29 is 8.78 Å². The highest BCUT2D eigenvalue weighted by Crippen LogP contribution is 2.20. The first-order chi connectivity index (χ1) is 8.56. The van der Waals surface area contributed by atoms with Crippen LogP contribution in [0, 0.1) is 15.2 Å². The maximum Gasteiger partial charge on any atom is 0.129 e. The van der Waals surface area contributed by atoms with Gasteiger partial charge in [0.1, 0.15) is 11.6 Å². The van der Waals surface area contributed by atoms with E-state index in [0.29, 0.717) is 12.0 Å². The van der Waals surface area contributed by atoms with Crippen LogP contribution in [-0.4, -0.2) is 0 Å². The summed E-state index contributed by atoms with van der Waals surface area (Å²) in [4.78, 5) is 0. The van der Waals surface area contributed by atoms with Crippen LogP contribution in [0.25, 0.3) is 0 Å². The molecule has 1 atom stereocenters. The molecule has 0 bridgehead atoms. The van der Waals surface area contributed by atoms with E-state index in [4.69, 9.17) is 5.73 Å². The highest BCUT2D eigenvalue weighted by Gasteiger charge is 2.11. The smallest absolute Gasteiger partial charge is 0.129 e. The van der Waals surface area contributed by atoms with Crippen molar-refractivity contribution in [3.63, 3.8) is 0 Å². The molecule has 2 aromatic rings. The van der Waals surface area contributed by atoms with Crippen molar-refractivity contribution >= 4 is 22.6 Å². The van der Waals surface area contributed by atoms with Crippen molar-refractivity contribution in [2.75, 3.05) is 0 Å². The molecule has 0 aromatic heterocycles. The van der Waals surface area contributed by atoms with E-state index in [1.165, 1.54) is 12.1 Å². The van der Waals surface area contributed by atoms with Gasteiger partial charge >= 0.3 is 0 Å². The number of nitrogens with two attached hydrogens (primary N) is 1. The number of hydrogen-bond donors (Lipinski definition) is 1. The molecule has 18 heavy (non-hydrogen) atoms. The average molecular weight is 359 g/mol. The minimum atomic E-state index is -0.570. The van der Waals surface area contributed by atoms with Crippen LogP contribution in [0.3, 0.4) is 0 Å². The third kappa shape index (κ3) is 3.26. The summed E-state index contributed by atoms with van der Waals surface area (Å²) in [5.41, 5.74) is 7.42. The minimum absolute atomic E-state index is 0.292. The molecular weight excluding hydrogens is 347 g/mol. The second kappa shape index (κ2) is 5.75. The first-order valence-corrected chi connectivity index (χ1v) is 6.59. The molecule has 2 rings (SSSR count). The van der Waals surface area contributed by atoms with E-state index in [2.05, 4.69) is 22.6 Å². The van der Waals surface area contributed by atoms with Gasteiger partial charge < -0.3 is 5.73 Å². The number of rotatable bonds is 3. The summed E-state index contributed by atoms with van der Waals surface area (Å²) in [5, 5.41) is 0. The fourth-order valence-electron chi connectivity index (χ4n) is 1.78. The summed E-state index contributed by atoms with van der Waals surface area (Å²) in [6.45, 7) is 0. The first kappa shape index (κ1) is 13.4. The Morgan fingerprint density at radius 3 is 2.56 bits per heavy atom. The average Bonchev–Trinajstić information content (AvgIpc) is 2.32. The highest BCUT2D eigenvalue weighted by molar-refractivity contribution is 14.1. The van der Waals surface area contributed by atoms with Crippen LogP contribution in [-0.2, 0) is 6.42 Å². The van der Waals surface area contributed by atoms with Gasteiger partial charge in [0.25, 0.3) is 0 Å². The Kier molecular flexibility index (Phi) is 4.29. The summed E-state index contributed by atoms with van der Waals surface area (Å²) in [6.07, 6.45) is 0.353. The van der Waals surface area contributed by atoms with Crippen LogP contribution in [0.2, 0.25) is 0 Å². The lowest BCUT2D eigenvalue weighted by Gasteiger charge is -2.13. The van der Waals surface area contributed by atoms with E-state index in [1.807, 2.05) is 24.3 Å². The molecule has 1 nitrogen and oxygen atoms in total. The Morgan fingerprint density at radius 1 is 1.11 bits per heavy atom. The summed E-state index contributed by atoms with van der Waals surface area (Å²) in [7, 11) is 0. The number of halogens is 3. The van der Waals surface area contributed by atoms with Gasteiger partial charge in [0.05, 0.1) is 0 Å². The zero-order valence-corrected chi connectivity index (χ0v) is 11.7. The summed E-state index contributed by atoms with van der Waals surface area (Å²) in [6, 6.07) is 11.0. The Labute approximate surface area is 118 Å². The molecular formula is C14H12F2IN. The molecule has 2 aromatic carbocycles. The van der Waals surface area contributed by atoms with Crippen LogP contribution >= 0.6 is 22.6 Å². The van der Waals surface area contributed by atoms with Crippen LogP contribution in [0.15, 0.2) is 42.5 Å². The van der Waals surface area contributed by atoms with E-state index in [0.717, 1.165) is 15.2 Å². The maximum absolute atomic E-state index is 13.5. The summed E-state index contributed by atoms with van der Waals surface area (Å²) >= 11 is 2.20. The molecule has 94 valence electrons. The van der Waals surface area contributed by atoms with Crippen LogP contribution in [0.5, 0.6) is 0 Å². The van der Waals surface area contributed by atoms with E-state index in [1.54, 1.807) is 0 Å². The molecule has 4 heteroatoms. The van der Waals surface area contributed by atoms with Gasteiger partial charge in [-0.3, -0.25) is 0 Å². The molecule has 0 amide bonds. The summed E-state index contributed by atoms with van der Waals surface area (Å²) < 4.78 is 27.4. The third-order valence-electron chi connectivity index (χ3n) is 2.73. The zero-order chi connectivity index (χ0) is 13.1. The van der Waals surface area contributed by atoms with Crippen molar-refractivity contribution in [1.82, 2.24) is 0 Å². The maximum atomic E-state index is 13.5. The van der Waals surface area contributed by atoms with Crippen molar-refractivity contribution in [3.8, 4) is 0 Å². The molecule has 1 unspecified atom stereocenters. The SMILES string of the molecule is NC(Cc1ccc(F)cc1F)c1cccc(I)c1. The van der Waals surface area contributed by atoms with Gasteiger partial charge in [-0.1, -0.05) is 18.2 Å². The Bertz CT molecular complexity index is 557. The van der Waals surface area contributed by atoms with Gasteiger partial charge in [-0.2, -0.15) is 0 Å². The van der Waals surface area contributed by atoms with E-state index in [9.17, 15) is 8.78 Å². The fourth-order valence-corrected chi connectivity index (χ4v) is 2.35. The van der Waals surface area contributed by atoms with Crippen LogP contribution < -0.4 is 5.73 Å². The number of hydrogen-bond acceptors (Lipinski definition) is 1. The predicted molar refractivity (Wildman–Crippen MR) is 76.1 cm³/mol. The lowest BCUT2D eigenvalue weighted by atomic mass is 9.99. The van der Waals surface area contributed by atoms with Gasteiger partial charge in [-0.15, -0.1) is 0 Å². The predicted octanol–water partition coefficient (Wildman–Crippen LogP) is 3.81. The third-order valence-corrected chi connectivity index (χ3v) is 3.40. The normalized spacial score (nSPS) is 12.4. The van der Waals surface area contributed by atoms with Crippen LogP contribution in [0.1, 0.15) is 17.2 Å². The monoisotopic (exact) mass is 359 g/mol. The molecule has 0 spiro atoms. The van der Waals surface area contributed by atoms with Crippen molar-refractivity contribution in [2.45, 2.75) is 12.5 Å². The van der Waals surface area contributed by atoms with E-state index >= 15 is 0 Å². The zero-order valence-electron chi connectivity index (χ0n) is 9.54. The van der Waals surface area contributed by atoms with Gasteiger partial charge in [0.2, 0.25) is 0 Å². The van der Waals surface area contributed by atoms with Crippen molar-refractivity contribution in [3.05, 3.63) is 68.8 Å². The lowest BCUT2D eigenvalue weighted by Crippen LogP contribution is -2.14.